The molecule has 0 unspecified atom stereocenters. The number of carbonyl (C=O) groups is 1. The highest BCUT2D eigenvalue weighted by atomic mass is 79.9. The third kappa shape index (κ3) is 4.29. The normalized spacial score (nSPS) is 18.7. The zero-order valence-corrected chi connectivity index (χ0v) is 18.3. The summed E-state index contributed by atoms with van der Waals surface area (Å²) in [4.78, 5) is 17.4. The molecule has 2 aliphatic heterocycles. The molecule has 2 aliphatic rings. The number of hydrogen-bond acceptors (Lipinski definition) is 3. The first-order chi connectivity index (χ1) is 13.6. The second kappa shape index (κ2) is 8.97. The molecule has 0 saturated carbocycles. The maximum atomic E-state index is 12.9. The maximum absolute atomic E-state index is 12.9. The number of benzene rings is 1. The van der Waals surface area contributed by atoms with E-state index in [1.807, 2.05) is 4.90 Å². The molecule has 2 fully saturated rings. The summed E-state index contributed by atoms with van der Waals surface area (Å²) in [5.41, 5.74) is 3.77. The van der Waals surface area contributed by atoms with Gasteiger partial charge >= 0.3 is 0 Å². The third-order valence-corrected chi connectivity index (χ3v) is 6.69. The van der Waals surface area contributed by atoms with Crippen LogP contribution in [0.5, 0.6) is 0 Å². The summed E-state index contributed by atoms with van der Waals surface area (Å²) in [5.74, 6) is 0.252. The standard InChI is InChI=1S/C22H30BrN3O2/c1-17-19(7-10-24-11-13-28-14-12-24)20-15-18(23)5-6-21(20)26(17)16-22(27)25-8-3-2-4-9-25/h5-6,15H,2-4,7-14,16H2,1H3. The van der Waals surface area contributed by atoms with Gasteiger partial charge in [-0.3, -0.25) is 9.69 Å². The molecule has 152 valence electrons. The Morgan fingerprint density at radius 1 is 1.11 bits per heavy atom. The molecule has 0 bridgehead atoms. The summed E-state index contributed by atoms with van der Waals surface area (Å²) in [6, 6.07) is 6.43. The number of fused-ring (bicyclic) bond motifs is 1. The molecule has 0 radical (unpaired) electrons. The number of halogens is 1. The van der Waals surface area contributed by atoms with Crippen molar-refractivity contribution in [2.24, 2.45) is 0 Å². The van der Waals surface area contributed by atoms with E-state index >= 15 is 0 Å². The number of carbonyl (C=O) groups excluding carboxylic acids is 1. The van der Waals surface area contributed by atoms with Gasteiger partial charge in [-0.15, -0.1) is 0 Å². The minimum atomic E-state index is 0.252. The van der Waals surface area contributed by atoms with E-state index in [-0.39, 0.29) is 5.91 Å². The van der Waals surface area contributed by atoms with Crippen LogP contribution in [0.3, 0.4) is 0 Å². The van der Waals surface area contributed by atoms with Crippen molar-refractivity contribution in [3.8, 4) is 0 Å². The number of rotatable bonds is 5. The highest BCUT2D eigenvalue weighted by Gasteiger charge is 2.21. The predicted octanol–water partition coefficient (Wildman–Crippen LogP) is 3.60. The minimum absolute atomic E-state index is 0.252. The van der Waals surface area contributed by atoms with Crippen molar-refractivity contribution in [2.75, 3.05) is 45.9 Å². The molecule has 0 atom stereocenters. The van der Waals surface area contributed by atoms with E-state index in [2.05, 4.69) is 50.5 Å². The van der Waals surface area contributed by atoms with E-state index in [9.17, 15) is 4.79 Å². The van der Waals surface area contributed by atoms with E-state index < -0.39 is 0 Å². The molecule has 2 saturated heterocycles. The second-order valence-electron chi connectivity index (χ2n) is 7.96. The summed E-state index contributed by atoms with van der Waals surface area (Å²) < 4.78 is 8.79. The smallest absolute Gasteiger partial charge is 0.242 e. The van der Waals surface area contributed by atoms with Crippen molar-refractivity contribution in [2.45, 2.75) is 39.2 Å². The Morgan fingerprint density at radius 2 is 1.86 bits per heavy atom. The fourth-order valence-electron chi connectivity index (χ4n) is 4.52. The molecule has 1 aromatic carbocycles. The molecule has 1 aromatic heterocycles. The van der Waals surface area contributed by atoms with Crippen LogP contribution in [0.15, 0.2) is 22.7 Å². The molecule has 6 heteroatoms. The van der Waals surface area contributed by atoms with Gasteiger partial charge in [-0.1, -0.05) is 15.9 Å². The van der Waals surface area contributed by atoms with Gasteiger partial charge in [0.15, 0.2) is 0 Å². The van der Waals surface area contributed by atoms with Crippen molar-refractivity contribution in [1.29, 1.82) is 0 Å². The molecule has 0 N–H and O–H groups in total. The van der Waals surface area contributed by atoms with Crippen molar-refractivity contribution in [1.82, 2.24) is 14.4 Å². The predicted molar refractivity (Wildman–Crippen MR) is 116 cm³/mol. The molecular weight excluding hydrogens is 418 g/mol. The first-order valence-corrected chi connectivity index (χ1v) is 11.3. The van der Waals surface area contributed by atoms with Gasteiger partial charge in [0.05, 0.1) is 13.2 Å². The van der Waals surface area contributed by atoms with E-state index in [1.165, 1.54) is 28.6 Å². The molecule has 5 nitrogen and oxygen atoms in total. The zero-order valence-electron chi connectivity index (χ0n) is 16.8. The Kier molecular flexibility index (Phi) is 6.38. The number of amides is 1. The lowest BCUT2D eigenvalue weighted by atomic mass is 10.1. The van der Waals surface area contributed by atoms with E-state index in [0.717, 1.165) is 69.7 Å². The average Bonchev–Trinajstić information content (AvgIpc) is 2.98. The van der Waals surface area contributed by atoms with Crippen LogP contribution in [0.1, 0.15) is 30.5 Å². The Labute approximate surface area is 175 Å². The number of piperidine rings is 1. The second-order valence-corrected chi connectivity index (χ2v) is 8.87. The highest BCUT2D eigenvalue weighted by molar-refractivity contribution is 9.10. The number of nitrogens with zero attached hydrogens (tertiary/aromatic N) is 3. The van der Waals surface area contributed by atoms with E-state index in [4.69, 9.17) is 4.74 Å². The molecule has 2 aromatic rings. The Hall–Kier alpha value is -1.37. The van der Waals surface area contributed by atoms with Crippen LogP contribution in [0.25, 0.3) is 10.9 Å². The number of aromatic nitrogens is 1. The Balaban J connectivity index is 1.58. The van der Waals surface area contributed by atoms with Crippen LogP contribution in [0.4, 0.5) is 0 Å². The SMILES string of the molecule is Cc1c(CCN2CCOCC2)c2cc(Br)ccc2n1CC(=O)N1CCCCC1. The fourth-order valence-corrected chi connectivity index (χ4v) is 4.88. The van der Waals surface area contributed by atoms with Gasteiger partial charge in [0.1, 0.15) is 6.54 Å². The first kappa shape index (κ1) is 19.9. The summed E-state index contributed by atoms with van der Waals surface area (Å²) in [7, 11) is 0. The van der Waals surface area contributed by atoms with Gasteiger partial charge < -0.3 is 14.2 Å². The quantitative estimate of drug-likeness (QED) is 0.702. The van der Waals surface area contributed by atoms with Crippen molar-refractivity contribution < 1.29 is 9.53 Å². The largest absolute Gasteiger partial charge is 0.379 e. The minimum Gasteiger partial charge on any atom is -0.379 e. The van der Waals surface area contributed by atoms with Crippen LogP contribution < -0.4 is 0 Å². The van der Waals surface area contributed by atoms with Crippen LogP contribution >= 0.6 is 15.9 Å². The van der Waals surface area contributed by atoms with E-state index in [1.54, 1.807) is 0 Å². The van der Waals surface area contributed by atoms with Crippen molar-refractivity contribution in [3.63, 3.8) is 0 Å². The summed E-state index contributed by atoms with van der Waals surface area (Å²) in [6.45, 7) is 9.15. The molecular formula is C22H30BrN3O2. The molecule has 0 aliphatic carbocycles. The Bertz CT molecular complexity index is 836. The monoisotopic (exact) mass is 447 g/mol. The summed E-state index contributed by atoms with van der Waals surface area (Å²) in [6.07, 6.45) is 4.52. The third-order valence-electron chi connectivity index (χ3n) is 6.20. The van der Waals surface area contributed by atoms with E-state index in [0.29, 0.717) is 6.54 Å². The molecule has 0 spiro atoms. The average molecular weight is 448 g/mol. The van der Waals surface area contributed by atoms with Crippen molar-refractivity contribution >= 4 is 32.7 Å². The summed E-state index contributed by atoms with van der Waals surface area (Å²) in [5, 5.41) is 1.27. The number of likely N-dealkylation sites (tertiary alicyclic amines) is 1. The van der Waals surface area contributed by atoms with Gasteiger partial charge in [-0.2, -0.15) is 0 Å². The number of ether oxygens (including phenoxy) is 1. The van der Waals surface area contributed by atoms with Gasteiger partial charge in [0.2, 0.25) is 5.91 Å². The highest BCUT2D eigenvalue weighted by Crippen LogP contribution is 2.29. The lowest BCUT2D eigenvalue weighted by Gasteiger charge is -2.27. The van der Waals surface area contributed by atoms with Crippen LogP contribution in [0.2, 0.25) is 0 Å². The topological polar surface area (TPSA) is 37.7 Å². The van der Waals surface area contributed by atoms with Crippen LogP contribution in [0, 0.1) is 6.92 Å². The number of morpholine rings is 1. The lowest BCUT2D eigenvalue weighted by molar-refractivity contribution is -0.132. The lowest BCUT2D eigenvalue weighted by Crippen LogP contribution is -2.38. The number of hydrogen-bond donors (Lipinski definition) is 0. The zero-order chi connectivity index (χ0) is 19.5. The van der Waals surface area contributed by atoms with Crippen LogP contribution in [-0.4, -0.2) is 66.2 Å². The Morgan fingerprint density at radius 3 is 2.61 bits per heavy atom. The fraction of sp³-hybridized carbons (Fsp3) is 0.591. The first-order valence-electron chi connectivity index (χ1n) is 10.5. The summed E-state index contributed by atoms with van der Waals surface area (Å²) >= 11 is 3.63. The van der Waals surface area contributed by atoms with Crippen LogP contribution in [-0.2, 0) is 22.5 Å². The maximum Gasteiger partial charge on any atom is 0.242 e. The molecule has 28 heavy (non-hydrogen) atoms. The van der Waals surface area contributed by atoms with Gasteiger partial charge in [0, 0.05) is 53.8 Å². The van der Waals surface area contributed by atoms with Gasteiger partial charge in [-0.25, -0.2) is 0 Å². The molecule has 1 amide bonds. The van der Waals surface area contributed by atoms with Gasteiger partial charge in [0.25, 0.3) is 0 Å². The van der Waals surface area contributed by atoms with Crippen molar-refractivity contribution in [3.05, 3.63) is 33.9 Å². The molecule has 4 rings (SSSR count). The molecule has 3 heterocycles. The van der Waals surface area contributed by atoms with Gasteiger partial charge in [-0.05, 0) is 56.4 Å².